The summed E-state index contributed by atoms with van der Waals surface area (Å²) in [5.74, 6) is -3.32. The van der Waals surface area contributed by atoms with E-state index in [0.29, 0.717) is 16.8 Å². The van der Waals surface area contributed by atoms with Crippen LogP contribution in [0.5, 0.6) is 0 Å². The molecular formula is C25H28F2N4O3. The van der Waals surface area contributed by atoms with Crippen molar-refractivity contribution in [1.29, 1.82) is 0 Å². The maximum atomic E-state index is 13.4. The van der Waals surface area contributed by atoms with Crippen molar-refractivity contribution in [3.05, 3.63) is 59.4 Å². The second-order valence-corrected chi connectivity index (χ2v) is 9.52. The number of benzene rings is 1. The largest absolute Gasteiger partial charge is 0.389 e. The molecule has 0 radical (unpaired) electrons. The van der Waals surface area contributed by atoms with E-state index in [4.69, 9.17) is 0 Å². The molecule has 2 N–H and O–H groups in total. The van der Waals surface area contributed by atoms with Crippen molar-refractivity contribution in [1.82, 2.24) is 19.8 Å². The SMILES string of the molecule is Cc1cc(C(=O)NCC(C)(C)O)cc(-n2ccc3cc(C(=O)N4CCC(F)(F)CC4)cnc32)c1. The zero-order valence-electron chi connectivity index (χ0n) is 19.4. The summed E-state index contributed by atoms with van der Waals surface area (Å²) in [6, 6.07) is 8.95. The van der Waals surface area contributed by atoms with Crippen LogP contribution in [-0.4, -0.2) is 62.5 Å². The first kappa shape index (κ1) is 23.8. The highest BCUT2D eigenvalue weighted by Gasteiger charge is 2.35. The molecule has 0 saturated carbocycles. The Kier molecular flexibility index (Phi) is 6.16. The Bertz CT molecular complexity index is 1240. The van der Waals surface area contributed by atoms with Crippen molar-refractivity contribution >= 4 is 22.8 Å². The standard InChI is InChI=1S/C25H28F2N4O3/c1-16-10-18(22(32)29-15-24(2,3)34)13-20(11-16)31-7-4-17-12-19(14-28-21(17)31)23(33)30-8-5-25(26,27)6-9-30/h4,7,10-14,34H,5-6,8-9,15H2,1-3H3,(H,29,32). The number of piperidine rings is 1. The first-order valence-corrected chi connectivity index (χ1v) is 11.2. The summed E-state index contributed by atoms with van der Waals surface area (Å²) < 4.78 is 28.7. The summed E-state index contributed by atoms with van der Waals surface area (Å²) in [5, 5.41) is 13.3. The molecule has 0 unspecified atom stereocenters. The number of halogens is 2. The van der Waals surface area contributed by atoms with Crippen LogP contribution in [0.25, 0.3) is 16.7 Å². The molecule has 180 valence electrons. The third-order valence-corrected chi connectivity index (χ3v) is 5.84. The molecule has 1 aromatic carbocycles. The molecule has 2 amide bonds. The molecule has 0 aliphatic carbocycles. The normalized spacial score (nSPS) is 16.0. The summed E-state index contributed by atoms with van der Waals surface area (Å²) in [7, 11) is 0. The lowest BCUT2D eigenvalue weighted by Gasteiger charge is -2.31. The second-order valence-electron chi connectivity index (χ2n) is 9.52. The number of pyridine rings is 1. The van der Waals surface area contributed by atoms with Gasteiger partial charge in [0.05, 0.1) is 11.2 Å². The monoisotopic (exact) mass is 470 g/mol. The van der Waals surface area contributed by atoms with Crippen molar-refractivity contribution in [2.75, 3.05) is 19.6 Å². The van der Waals surface area contributed by atoms with Gasteiger partial charge in [0.15, 0.2) is 0 Å². The van der Waals surface area contributed by atoms with Crippen molar-refractivity contribution in [3.8, 4) is 5.69 Å². The Morgan fingerprint density at radius 1 is 1.15 bits per heavy atom. The average Bonchev–Trinajstić information content (AvgIpc) is 3.19. The number of amides is 2. The maximum Gasteiger partial charge on any atom is 0.255 e. The van der Waals surface area contributed by atoms with Crippen LogP contribution < -0.4 is 5.32 Å². The summed E-state index contributed by atoms with van der Waals surface area (Å²) in [5.41, 5.74) is 2.00. The number of likely N-dealkylation sites (tertiary alicyclic amines) is 1. The number of aryl methyl sites for hydroxylation is 1. The van der Waals surface area contributed by atoms with Crippen LogP contribution in [0.4, 0.5) is 8.78 Å². The topological polar surface area (TPSA) is 87.5 Å². The van der Waals surface area contributed by atoms with Gasteiger partial charge in [0.2, 0.25) is 0 Å². The van der Waals surface area contributed by atoms with Gasteiger partial charge in [-0.05, 0) is 56.7 Å². The van der Waals surface area contributed by atoms with E-state index >= 15 is 0 Å². The third kappa shape index (κ3) is 5.25. The van der Waals surface area contributed by atoms with Crippen LogP contribution in [0.1, 0.15) is 53.0 Å². The molecule has 9 heteroatoms. The quantitative estimate of drug-likeness (QED) is 0.595. The van der Waals surface area contributed by atoms with E-state index in [-0.39, 0.29) is 44.3 Å². The fourth-order valence-corrected chi connectivity index (χ4v) is 4.00. The predicted octanol–water partition coefficient (Wildman–Crippen LogP) is 3.71. The highest BCUT2D eigenvalue weighted by atomic mass is 19.3. The van der Waals surface area contributed by atoms with Gasteiger partial charge >= 0.3 is 0 Å². The minimum atomic E-state index is -2.71. The molecule has 1 aliphatic heterocycles. The van der Waals surface area contributed by atoms with Gasteiger partial charge in [0.25, 0.3) is 17.7 Å². The average molecular weight is 471 g/mol. The van der Waals surface area contributed by atoms with Gasteiger partial charge < -0.3 is 19.9 Å². The van der Waals surface area contributed by atoms with E-state index in [9.17, 15) is 23.5 Å². The number of nitrogens with zero attached hydrogens (tertiary/aromatic N) is 3. The van der Waals surface area contributed by atoms with Crippen LogP contribution in [0.15, 0.2) is 42.7 Å². The van der Waals surface area contributed by atoms with Crippen LogP contribution in [0.2, 0.25) is 0 Å². The van der Waals surface area contributed by atoms with Crippen molar-refractivity contribution < 1.29 is 23.5 Å². The maximum absolute atomic E-state index is 13.4. The Hall–Kier alpha value is -3.33. The number of fused-ring (bicyclic) bond motifs is 1. The summed E-state index contributed by atoms with van der Waals surface area (Å²) in [6.45, 7) is 5.28. The molecule has 1 saturated heterocycles. The summed E-state index contributed by atoms with van der Waals surface area (Å²) in [6.07, 6.45) is 2.61. The molecular weight excluding hydrogens is 442 g/mol. The van der Waals surface area contributed by atoms with Crippen molar-refractivity contribution in [2.45, 2.75) is 45.1 Å². The van der Waals surface area contributed by atoms with Crippen LogP contribution >= 0.6 is 0 Å². The zero-order chi connectivity index (χ0) is 24.7. The molecule has 0 atom stereocenters. The third-order valence-electron chi connectivity index (χ3n) is 5.84. The minimum absolute atomic E-state index is 0.0203. The first-order chi connectivity index (χ1) is 15.9. The van der Waals surface area contributed by atoms with E-state index < -0.39 is 11.5 Å². The van der Waals surface area contributed by atoms with Gasteiger partial charge in [0.1, 0.15) is 5.65 Å². The number of aliphatic hydroxyl groups is 1. The lowest BCUT2D eigenvalue weighted by molar-refractivity contribution is -0.0494. The lowest BCUT2D eigenvalue weighted by atomic mass is 10.1. The Labute approximate surface area is 196 Å². The van der Waals surface area contributed by atoms with Gasteiger partial charge in [-0.3, -0.25) is 9.59 Å². The van der Waals surface area contributed by atoms with Crippen LogP contribution in [0, 0.1) is 6.92 Å². The Morgan fingerprint density at radius 3 is 2.53 bits per heavy atom. The van der Waals surface area contributed by atoms with Crippen molar-refractivity contribution in [3.63, 3.8) is 0 Å². The smallest absolute Gasteiger partial charge is 0.255 e. The van der Waals surface area contributed by atoms with E-state index in [1.54, 1.807) is 38.2 Å². The van der Waals surface area contributed by atoms with Crippen molar-refractivity contribution in [2.24, 2.45) is 0 Å². The highest BCUT2D eigenvalue weighted by molar-refractivity contribution is 5.97. The molecule has 0 spiro atoms. The molecule has 7 nitrogen and oxygen atoms in total. The number of hydrogen-bond donors (Lipinski definition) is 2. The van der Waals surface area contributed by atoms with Gasteiger partial charge in [-0.2, -0.15) is 0 Å². The van der Waals surface area contributed by atoms with Crippen LogP contribution in [0.3, 0.4) is 0 Å². The molecule has 0 bridgehead atoms. The number of hydrogen-bond acceptors (Lipinski definition) is 4. The minimum Gasteiger partial charge on any atom is -0.389 e. The van der Waals surface area contributed by atoms with E-state index in [1.807, 2.05) is 23.6 Å². The van der Waals surface area contributed by atoms with Gasteiger partial charge in [-0.25, -0.2) is 13.8 Å². The number of aromatic nitrogens is 2. The number of carbonyl (C=O) groups is 2. The predicted molar refractivity (Wildman–Crippen MR) is 125 cm³/mol. The van der Waals surface area contributed by atoms with E-state index in [1.165, 1.54) is 11.1 Å². The number of alkyl halides is 2. The molecule has 1 fully saturated rings. The highest BCUT2D eigenvalue weighted by Crippen LogP contribution is 2.29. The zero-order valence-corrected chi connectivity index (χ0v) is 19.4. The number of rotatable bonds is 5. The molecule has 2 aromatic heterocycles. The summed E-state index contributed by atoms with van der Waals surface area (Å²) in [4.78, 5) is 31.3. The number of nitrogens with one attached hydrogen (secondary N) is 1. The Balaban J connectivity index is 1.58. The Morgan fingerprint density at radius 2 is 1.85 bits per heavy atom. The van der Waals surface area contributed by atoms with Gasteiger partial charge in [0, 0.05) is 61.5 Å². The summed E-state index contributed by atoms with van der Waals surface area (Å²) >= 11 is 0. The molecule has 3 heterocycles. The second kappa shape index (κ2) is 8.79. The fraction of sp³-hybridized carbons (Fsp3) is 0.400. The molecule has 1 aliphatic rings. The van der Waals surface area contributed by atoms with E-state index in [2.05, 4.69) is 10.3 Å². The first-order valence-electron chi connectivity index (χ1n) is 11.2. The fourth-order valence-electron chi connectivity index (χ4n) is 4.00. The van der Waals surface area contributed by atoms with E-state index in [0.717, 1.165) is 16.6 Å². The molecule has 3 aromatic rings. The van der Waals surface area contributed by atoms with Gasteiger partial charge in [-0.1, -0.05) is 0 Å². The molecule has 34 heavy (non-hydrogen) atoms. The molecule has 4 rings (SSSR count). The van der Waals surface area contributed by atoms with Crippen LogP contribution in [-0.2, 0) is 0 Å². The van der Waals surface area contributed by atoms with Gasteiger partial charge in [-0.15, -0.1) is 0 Å². The lowest BCUT2D eigenvalue weighted by Crippen LogP contribution is -2.42. The number of carbonyl (C=O) groups excluding carboxylic acids is 2.